The van der Waals surface area contributed by atoms with Crippen molar-refractivity contribution in [1.82, 2.24) is 5.32 Å². The molecule has 0 bridgehead atoms. The number of nitrogens with two attached hydrogens (primary N) is 1. The van der Waals surface area contributed by atoms with Crippen molar-refractivity contribution in [2.24, 2.45) is 17.1 Å². The van der Waals surface area contributed by atoms with Gasteiger partial charge in [0, 0.05) is 6.54 Å². The molecule has 0 aromatic rings. The standard InChI is InChI=1S/C10H18N2OS/c1-3-4-12-9(13)10(8(11)14)5-7(2)6-10/h7H,3-6H2,1-2H3,(H2,11,14)(H,12,13). The Balaban J connectivity index is 2.61. The fraction of sp³-hybridized carbons (Fsp3) is 0.800. The van der Waals surface area contributed by atoms with Gasteiger partial charge in [0.25, 0.3) is 0 Å². The van der Waals surface area contributed by atoms with Crippen molar-refractivity contribution in [2.45, 2.75) is 33.1 Å². The monoisotopic (exact) mass is 214 g/mol. The lowest BCUT2D eigenvalue weighted by Gasteiger charge is -2.44. The van der Waals surface area contributed by atoms with Crippen molar-refractivity contribution in [1.29, 1.82) is 0 Å². The Hall–Kier alpha value is -0.640. The summed E-state index contributed by atoms with van der Waals surface area (Å²) in [6.45, 7) is 4.85. The van der Waals surface area contributed by atoms with Crippen LogP contribution < -0.4 is 11.1 Å². The Morgan fingerprint density at radius 3 is 2.57 bits per heavy atom. The second-order valence-electron chi connectivity index (χ2n) is 4.22. The molecule has 3 nitrogen and oxygen atoms in total. The number of carbonyl (C=O) groups is 1. The molecular weight excluding hydrogens is 196 g/mol. The molecule has 1 amide bonds. The van der Waals surface area contributed by atoms with Crippen molar-refractivity contribution in [3.8, 4) is 0 Å². The zero-order valence-corrected chi connectivity index (χ0v) is 9.62. The minimum Gasteiger partial charge on any atom is -0.392 e. The number of rotatable bonds is 4. The molecule has 0 heterocycles. The van der Waals surface area contributed by atoms with Gasteiger partial charge in [-0.15, -0.1) is 0 Å². The molecule has 0 aromatic heterocycles. The average molecular weight is 214 g/mol. The zero-order chi connectivity index (χ0) is 10.8. The number of hydrogen-bond donors (Lipinski definition) is 2. The third kappa shape index (κ3) is 1.90. The summed E-state index contributed by atoms with van der Waals surface area (Å²) in [7, 11) is 0. The smallest absolute Gasteiger partial charge is 0.233 e. The van der Waals surface area contributed by atoms with Gasteiger partial charge < -0.3 is 11.1 Å². The Morgan fingerprint density at radius 2 is 2.21 bits per heavy atom. The molecule has 0 radical (unpaired) electrons. The highest BCUT2D eigenvalue weighted by atomic mass is 32.1. The molecule has 1 aliphatic carbocycles. The SMILES string of the molecule is CCCNC(=O)C1(C(N)=S)CC(C)C1. The predicted molar refractivity (Wildman–Crippen MR) is 60.9 cm³/mol. The second kappa shape index (κ2) is 4.26. The van der Waals surface area contributed by atoms with Gasteiger partial charge in [0.2, 0.25) is 5.91 Å². The number of amides is 1. The Bertz CT molecular complexity index is 247. The second-order valence-corrected chi connectivity index (χ2v) is 4.66. The topological polar surface area (TPSA) is 55.1 Å². The van der Waals surface area contributed by atoms with E-state index in [0.29, 0.717) is 17.5 Å². The van der Waals surface area contributed by atoms with Crippen LogP contribution in [0, 0.1) is 11.3 Å². The van der Waals surface area contributed by atoms with E-state index in [1.165, 1.54) is 0 Å². The van der Waals surface area contributed by atoms with Crippen LogP contribution in [0.15, 0.2) is 0 Å². The van der Waals surface area contributed by atoms with Crippen LogP contribution in [0.1, 0.15) is 33.1 Å². The van der Waals surface area contributed by atoms with E-state index in [9.17, 15) is 4.79 Å². The molecule has 0 spiro atoms. The van der Waals surface area contributed by atoms with Gasteiger partial charge >= 0.3 is 0 Å². The molecule has 0 aliphatic heterocycles. The van der Waals surface area contributed by atoms with Crippen molar-refractivity contribution in [2.75, 3.05) is 6.54 Å². The van der Waals surface area contributed by atoms with Crippen LogP contribution in [0.4, 0.5) is 0 Å². The third-order valence-corrected chi connectivity index (χ3v) is 3.23. The first kappa shape index (κ1) is 11.4. The Labute approximate surface area is 90.4 Å². The molecule has 14 heavy (non-hydrogen) atoms. The van der Waals surface area contributed by atoms with E-state index >= 15 is 0 Å². The highest BCUT2D eigenvalue weighted by molar-refractivity contribution is 7.80. The molecule has 0 atom stereocenters. The van der Waals surface area contributed by atoms with Crippen LogP contribution in [-0.4, -0.2) is 17.4 Å². The summed E-state index contributed by atoms with van der Waals surface area (Å²) < 4.78 is 0. The van der Waals surface area contributed by atoms with Gasteiger partial charge in [-0.2, -0.15) is 0 Å². The van der Waals surface area contributed by atoms with Crippen LogP contribution in [0.3, 0.4) is 0 Å². The minimum absolute atomic E-state index is 0.0185. The normalized spacial score (nSPS) is 30.6. The molecule has 1 saturated carbocycles. The third-order valence-electron chi connectivity index (χ3n) is 2.84. The fourth-order valence-electron chi connectivity index (χ4n) is 2.04. The van der Waals surface area contributed by atoms with Gasteiger partial charge in [-0.1, -0.05) is 26.1 Å². The van der Waals surface area contributed by atoms with Crippen LogP contribution in [0.5, 0.6) is 0 Å². The molecule has 0 saturated heterocycles. The van der Waals surface area contributed by atoms with Crippen LogP contribution in [-0.2, 0) is 4.79 Å². The molecular formula is C10H18N2OS. The maximum absolute atomic E-state index is 11.8. The first-order chi connectivity index (χ1) is 6.53. The summed E-state index contributed by atoms with van der Waals surface area (Å²) in [5.41, 5.74) is 5.10. The summed E-state index contributed by atoms with van der Waals surface area (Å²) in [4.78, 5) is 12.2. The predicted octanol–water partition coefficient (Wildman–Crippen LogP) is 1.21. The first-order valence-electron chi connectivity index (χ1n) is 5.11. The summed E-state index contributed by atoms with van der Waals surface area (Å²) in [5.74, 6) is 0.578. The number of thiocarbonyl (C=S) groups is 1. The first-order valence-corrected chi connectivity index (χ1v) is 5.52. The molecule has 4 heteroatoms. The lowest BCUT2D eigenvalue weighted by Crippen LogP contribution is -2.56. The average Bonchev–Trinajstić information content (AvgIpc) is 2.07. The van der Waals surface area contributed by atoms with E-state index in [0.717, 1.165) is 19.3 Å². The maximum atomic E-state index is 11.8. The van der Waals surface area contributed by atoms with E-state index in [1.54, 1.807) is 0 Å². The highest BCUT2D eigenvalue weighted by Gasteiger charge is 2.50. The summed E-state index contributed by atoms with van der Waals surface area (Å²) in [5, 5.41) is 2.87. The fourth-order valence-corrected chi connectivity index (χ4v) is 2.30. The maximum Gasteiger partial charge on any atom is 0.233 e. The number of nitrogens with one attached hydrogen (secondary N) is 1. The van der Waals surface area contributed by atoms with E-state index in [2.05, 4.69) is 12.2 Å². The van der Waals surface area contributed by atoms with E-state index in [4.69, 9.17) is 18.0 Å². The molecule has 1 fully saturated rings. The quantitative estimate of drug-likeness (QED) is 0.692. The van der Waals surface area contributed by atoms with Gasteiger partial charge in [0.15, 0.2) is 0 Å². The van der Waals surface area contributed by atoms with Crippen molar-refractivity contribution >= 4 is 23.1 Å². The minimum atomic E-state index is -0.538. The zero-order valence-electron chi connectivity index (χ0n) is 8.80. The summed E-state index contributed by atoms with van der Waals surface area (Å²) in [6, 6.07) is 0. The lowest BCUT2D eigenvalue weighted by atomic mass is 9.62. The Morgan fingerprint density at radius 1 is 1.64 bits per heavy atom. The van der Waals surface area contributed by atoms with Gasteiger partial charge in [0.05, 0.1) is 10.4 Å². The number of hydrogen-bond acceptors (Lipinski definition) is 2. The van der Waals surface area contributed by atoms with Gasteiger partial charge in [-0.05, 0) is 25.2 Å². The van der Waals surface area contributed by atoms with Crippen LogP contribution >= 0.6 is 12.2 Å². The van der Waals surface area contributed by atoms with E-state index in [-0.39, 0.29) is 5.91 Å². The van der Waals surface area contributed by atoms with E-state index < -0.39 is 5.41 Å². The summed E-state index contributed by atoms with van der Waals surface area (Å²) in [6.07, 6.45) is 2.55. The van der Waals surface area contributed by atoms with Gasteiger partial charge in [-0.3, -0.25) is 4.79 Å². The molecule has 1 aliphatic rings. The molecule has 0 unspecified atom stereocenters. The van der Waals surface area contributed by atoms with Crippen molar-refractivity contribution in [3.05, 3.63) is 0 Å². The van der Waals surface area contributed by atoms with Crippen LogP contribution in [0.2, 0.25) is 0 Å². The van der Waals surface area contributed by atoms with Gasteiger partial charge in [-0.25, -0.2) is 0 Å². The largest absolute Gasteiger partial charge is 0.392 e. The van der Waals surface area contributed by atoms with E-state index in [1.807, 2.05) is 6.92 Å². The molecule has 3 N–H and O–H groups in total. The Kier molecular flexibility index (Phi) is 3.48. The lowest BCUT2D eigenvalue weighted by molar-refractivity contribution is -0.132. The van der Waals surface area contributed by atoms with Gasteiger partial charge in [0.1, 0.15) is 0 Å². The summed E-state index contributed by atoms with van der Waals surface area (Å²) >= 11 is 4.98. The van der Waals surface area contributed by atoms with Crippen molar-refractivity contribution < 1.29 is 4.79 Å². The molecule has 1 rings (SSSR count). The number of carbonyl (C=O) groups excluding carboxylic acids is 1. The molecule has 0 aromatic carbocycles. The van der Waals surface area contributed by atoms with Crippen LogP contribution in [0.25, 0.3) is 0 Å². The van der Waals surface area contributed by atoms with Crippen molar-refractivity contribution in [3.63, 3.8) is 0 Å². The highest BCUT2D eigenvalue weighted by Crippen LogP contribution is 2.45. The molecule has 80 valence electrons.